The molecule has 2 aliphatic heterocycles. The number of thioether (sulfide) groups is 1. The molecule has 9 heteroatoms. The number of carbonyl (C=O) groups is 3. The van der Waals surface area contributed by atoms with Gasteiger partial charge < -0.3 is 20.9 Å². The van der Waals surface area contributed by atoms with Gasteiger partial charge in [0.25, 0.3) is 0 Å². The average Bonchev–Trinajstić information content (AvgIpc) is 3.18. The summed E-state index contributed by atoms with van der Waals surface area (Å²) in [6.45, 7) is 0.285. The number of piperazine rings is 1. The number of nitrogens with zero attached hydrogens (tertiary/aromatic N) is 1. The van der Waals surface area contributed by atoms with Crippen molar-refractivity contribution in [2.75, 3.05) is 17.6 Å². The molecule has 2 heterocycles. The summed E-state index contributed by atoms with van der Waals surface area (Å²) in [6.07, 6.45) is 0.359. The van der Waals surface area contributed by atoms with E-state index in [1.807, 2.05) is 30.3 Å². The lowest BCUT2D eigenvalue weighted by molar-refractivity contribution is -0.146. The molecule has 0 saturated carbocycles. The summed E-state index contributed by atoms with van der Waals surface area (Å²) < 4.78 is 13.0. The Morgan fingerprint density at radius 3 is 2.61 bits per heavy atom. The standard InChI is InChI=1S/C22H23FN4O3S/c23-15-6-8-16(9-7-15)24-22(30)25-17-10-19-20(28)26-18(21(29)27(19)11-17)13-31-12-14-4-2-1-3-5-14/h1-9,17-19H,10-13H2,(H,26,28)(H2,24,25,30)/t17-,18-,19-/m0/s1. The first-order chi connectivity index (χ1) is 15.0. The zero-order valence-corrected chi connectivity index (χ0v) is 17.5. The summed E-state index contributed by atoms with van der Waals surface area (Å²) in [7, 11) is 0. The molecule has 4 amide bonds. The molecule has 2 aliphatic rings. The highest BCUT2D eigenvalue weighted by molar-refractivity contribution is 7.98. The molecule has 31 heavy (non-hydrogen) atoms. The number of amides is 4. The molecule has 2 saturated heterocycles. The van der Waals surface area contributed by atoms with Crippen molar-refractivity contribution in [2.24, 2.45) is 0 Å². The maximum Gasteiger partial charge on any atom is 0.319 e. The predicted molar refractivity (Wildman–Crippen MR) is 117 cm³/mol. The molecule has 0 aromatic heterocycles. The van der Waals surface area contributed by atoms with Crippen molar-refractivity contribution in [1.82, 2.24) is 15.5 Å². The molecule has 0 radical (unpaired) electrons. The summed E-state index contributed by atoms with van der Waals surface area (Å²) in [4.78, 5) is 39.2. The maximum atomic E-state index is 13.0. The molecule has 0 bridgehead atoms. The van der Waals surface area contributed by atoms with Crippen LogP contribution in [0.4, 0.5) is 14.9 Å². The minimum absolute atomic E-state index is 0.117. The number of anilines is 1. The van der Waals surface area contributed by atoms with Gasteiger partial charge in [-0.15, -0.1) is 0 Å². The fourth-order valence-electron chi connectivity index (χ4n) is 3.83. The van der Waals surface area contributed by atoms with Crippen molar-refractivity contribution in [2.45, 2.75) is 30.3 Å². The van der Waals surface area contributed by atoms with E-state index >= 15 is 0 Å². The molecule has 2 aromatic rings. The fourth-order valence-corrected chi connectivity index (χ4v) is 4.84. The van der Waals surface area contributed by atoms with E-state index in [-0.39, 0.29) is 30.2 Å². The van der Waals surface area contributed by atoms with E-state index < -0.39 is 18.1 Å². The number of hydrogen-bond acceptors (Lipinski definition) is 4. The van der Waals surface area contributed by atoms with Gasteiger partial charge in [-0.25, -0.2) is 9.18 Å². The van der Waals surface area contributed by atoms with Gasteiger partial charge in [0.1, 0.15) is 17.9 Å². The van der Waals surface area contributed by atoms with E-state index in [1.54, 1.807) is 16.7 Å². The van der Waals surface area contributed by atoms with Gasteiger partial charge in [0, 0.05) is 23.7 Å². The number of urea groups is 1. The summed E-state index contributed by atoms with van der Waals surface area (Å²) >= 11 is 1.60. The van der Waals surface area contributed by atoms with Crippen LogP contribution in [0.1, 0.15) is 12.0 Å². The van der Waals surface area contributed by atoms with Gasteiger partial charge in [0.05, 0.1) is 6.04 Å². The van der Waals surface area contributed by atoms with Gasteiger partial charge >= 0.3 is 6.03 Å². The van der Waals surface area contributed by atoms with E-state index in [9.17, 15) is 18.8 Å². The molecular weight excluding hydrogens is 419 g/mol. The molecule has 0 aliphatic carbocycles. The first-order valence-corrected chi connectivity index (χ1v) is 11.2. The van der Waals surface area contributed by atoms with Crippen molar-refractivity contribution < 1.29 is 18.8 Å². The number of nitrogens with one attached hydrogen (secondary N) is 3. The van der Waals surface area contributed by atoms with Gasteiger partial charge in [-0.2, -0.15) is 11.8 Å². The molecule has 2 aromatic carbocycles. The minimum Gasteiger partial charge on any atom is -0.342 e. The highest BCUT2D eigenvalue weighted by Crippen LogP contribution is 2.25. The Kier molecular flexibility index (Phi) is 6.41. The quantitative estimate of drug-likeness (QED) is 0.641. The first kappa shape index (κ1) is 21.2. The van der Waals surface area contributed by atoms with Crippen LogP contribution in [0.5, 0.6) is 0 Å². The average molecular weight is 443 g/mol. The van der Waals surface area contributed by atoms with E-state index in [1.165, 1.54) is 24.3 Å². The summed E-state index contributed by atoms with van der Waals surface area (Å²) in [5, 5.41) is 8.25. The zero-order valence-electron chi connectivity index (χ0n) is 16.7. The van der Waals surface area contributed by atoms with Gasteiger partial charge in [0.2, 0.25) is 11.8 Å². The second-order valence-electron chi connectivity index (χ2n) is 7.61. The first-order valence-electron chi connectivity index (χ1n) is 10.1. The van der Waals surface area contributed by atoms with Crippen molar-refractivity contribution >= 4 is 35.3 Å². The van der Waals surface area contributed by atoms with E-state index in [0.29, 0.717) is 17.9 Å². The van der Waals surface area contributed by atoms with Gasteiger partial charge in [-0.1, -0.05) is 30.3 Å². The lowest BCUT2D eigenvalue weighted by atomic mass is 10.1. The molecule has 162 valence electrons. The molecular formula is C22H23FN4O3S. The van der Waals surface area contributed by atoms with Crippen molar-refractivity contribution in [3.05, 3.63) is 66.0 Å². The van der Waals surface area contributed by atoms with Crippen LogP contribution in [-0.4, -0.2) is 53.2 Å². The van der Waals surface area contributed by atoms with Crippen LogP contribution in [0.3, 0.4) is 0 Å². The smallest absolute Gasteiger partial charge is 0.319 e. The topological polar surface area (TPSA) is 90.5 Å². The zero-order chi connectivity index (χ0) is 21.8. The van der Waals surface area contributed by atoms with Crippen LogP contribution in [0, 0.1) is 5.82 Å². The van der Waals surface area contributed by atoms with Crippen LogP contribution in [0.2, 0.25) is 0 Å². The number of benzene rings is 2. The lowest BCUT2D eigenvalue weighted by Gasteiger charge is -2.34. The van der Waals surface area contributed by atoms with Crippen molar-refractivity contribution in [3.8, 4) is 0 Å². The molecule has 4 rings (SSSR count). The van der Waals surface area contributed by atoms with Crippen molar-refractivity contribution in [1.29, 1.82) is 0 Å². The molecule has 7 nitrogen and oxygen atoms in total. The fraction of sp³-hybridized carbons (Fsp3) is 0.318. The van der Waals surface area contributed by atoms with E-state index in [2.05, 4.69) is 16.0 Å². The Hall–Kier alpha value is -3.07. The lowest BCUT2D eigenvalue weighted by Crippen LogP contribution is -2.61. The number of rotatable bonds is 6. The van der Waals surface area contributed by atoms with Crippen LogP contribution < -0.4 is 16.0 Å². The third-order valence-corrected chi connectivity index (χ3v) is 6.44. The normalized spacial score (nSPS) is 22.6. The second kappa shape index (κ2) is 9.38. The molecule has 3 N–H and O–H groups in total. The molecule has 2 fully saturated rings. The van der Waals surface area contributed by atoms with Crippen LogP contribution >= 0.6 is 11.8 Å². The van der Waals surface area contributed by atoms with Crippen molar-refractivity contribution in [3.63, 3.8) is 0 Å². The van der Waals surface area contributed by atoms with Gasteiger partial charge in [-0.3, -0.25) is 9.59 Å². The Balaban J connectivity index is 1.29. The van der Waals surface area contributed by atoms with E-state index in [4.69, 9.17) is 0 Å². The summed E-state index contributed by atoms with van der Waals surface area (Å²) in [5.41, 5.74) is 1.62. The molecule has 3 atom stereocenters. The Morgan fingerprint density at radius 2 is 1.87 bits per heavy atom. The SMILES string of the molecule is O=C(Nc1ccc(F)cc1)N[C@H]1C[C@H]2C(=O)N[C@@H](CSCc3ccccc3)C(=O)N2C1. The predicted octanol–water partition coefficient (Wildman–Crippen LogP) is 2.35. The number of halogens is 1. The highest BCUT2D eigenvalue weighted by atomic mass is 32.2. The molecule has 0 spiro atoms. The monoisotopic (exact) mass is 442 g/mol. The Labute approximate surface area is 183 Å². The van der Waals surface area contributed by atoms with Crippen LogP contribution in [0.15, 0.2) is 54.6 Å². The number of fused-ring (bicyclic) bond motifs is 1. The summed E-state index contributed by atoms with van der Waals surface area (Å²) in [6, 6.07) is 13.4. The highest BCUT2D eigenvalue weighted by Gasteiger charge is 2.46. The minimum atomic E-state index is -0.570. The Bertz CT molecular complexity index is 957. The van der Waals surface area contributed by atoms with Gasteiger partial charge in [0.15, 0.2) is 0 Å². The second-order valence-corrected chi connectivity index (χ2v) is 8.64. The number of carbonyl (C=O) groups excluding carboxylic acids is 3. The maximum absolute atomic E-state index is 13.0. The van der Waals surface area contributed by atoms with Gasteiger partial charge in [-0.05, 0) is 36.2 Å². The third-order valence-electron chi connectivity index (χ3n) is 5.33. The third kappa shape index (κ3) is 5.16. The van der Waals surface area contributed by atoms with E-state index in [0.717, 1.165) is 11.3 Å². The van der Waals surface area contributed by atoms with Crippen LogP contribution in [0.25, 0.3) is 0 Å². The summed E-state index contributed by atoms with van der Waals surface area (Å²) in [5.74, 6) is 0.560. The Morgan fingerprint density at radius 1 is 1.13 bits per heavy atom. The molecule has 0 unspecified atom stereocenters. The largest absolute Gasteiger partial charge is 0.342 e. The van der Waals surface area contributed by atoms with Crippen LogP contribution in [-0.2, 0) is 15.3 Å². The number of hydrogen-bond donors (Lipinski definition) is 3.